The molecule has 28 heavy (non-hydrogen) atoms. The Kier molecular flexibility index (Phi) is 6.90. The molecule has 1 heterocycles. The zero-order valence-corrected chi connectivity index (χ0v) is 17.4. The van der Waals surface area contributed by atoms with E-state index in [1.165, 1.54) is 23.3 Å². The highest BCUT2D eigenvalue weighted by Crippen LogP contribution is 2.35. The van der Waals surface area contributed by atoms with Crippen LogP contribution in [-0.4, -0.2) is 24.7 Å². The summed E-state index contributed by atoms with van der Waals surface area (Å²) in [5.74, 6) is 0.389. The molecule has 0 saturated heterocycles. The number of methoxy groups -OCH3 is 1. The number of hydrogen-bond acceptors (Lipinski definition) is 5. The molecule has 3 aromatic rings. The zero-order valence-electron chi connectivity index (χ0n) is 15.7. The molecule has 0 bridgehead atoms. The smallest absolute Gasteiger partial charge is 0.350 e. The second-order valence-corrected chi connectivity index (χ2v) is 8.40. The summed E-state index contributed by atoms with van der Waals surface area (Å²) in [6, 6.07) is 19.5. The number of carbonyl (C=O) groups excluding carboxylic acids is 2. The van der Waals surface area contributed by atoms with Gasteiger partial charge in [-0.1, -0.05) is 49.4 Å². The van der Waals surface area contributed by atoms with Gasteiger partial charge < -0.3 is 10.1 Å². The number of carbonyl (C=O) groups is 2. The van der Waals surface area contributed by atoms with Gasteiger partial charge in [0.25, 0.3) is 0 Å². The molecule has 0 aliphatic rings. The van der Waals surface area contributed by atoms with Crippen molar-refractivity contribution in [2.75, 3.05) is 18.2 Å². The molecular formula is C22H21NO3S2. The summed E-state index contributed by atoms with van der Waals surface area (Å²) in [6.45, 7) is 2.11. The minimum atomic E-state index is -0.455. The Bertz CT molecular complexity index is 950. The maximum atomic E-state index is 12.5. The SMILES string of the molecule is CCSc1ccc(CC(=O)Nc2cc(-c3ccccc3)sc2C(=O)OC)cc1. The van der Waals surface area contributed by atoms with E-state index in [0.29, 0.717) is 10.6 Å². The van der Waals surface area contributed by atoms with Crippen LogP contribution in [0.4, 0.5) is 5.69 Å². The zero-order chi connectivity index (χ0) is 19.9. The Labute approximate surface area is 172 Å². The van der Waals surface area contributed by atoms with E-state index in [0.717, 1.165) is 21.8 Å². The van der Waals surface area contributed by atoms with Gasteiger partial charge in [-0.15, -0.1) is 23.1 Å². The molecule has 0 fully saturated rings. The number of anilines is 1. The molecular weight excluding hydrogens is 390 g/mol. The number of amides is 1. The molecule has 1 N–H and O–H groups in total. The fourth-order valence-electron chi connectivity index (χ4n) is 2.72. The summed E-state index contributed by atoms with van der Waals surface area (Å²) in [6.07, 6.45) is 0.244. The van der Waals surface area contributed by atoms with E-state index in [9.17, 15) is 9.59 Å². The summed E-state index contributed by atoms with van der Waals surface area (Å²) in [5.41, 5.74) is 2.40. The maximum Gasteiger partial charge on any atom is 0.350 e. The average Bonchev–Trinajstić information content (AvgIpc) is 3.13. The Morgan fingerprint density at radius 3 is 2.43 bits per heavy atom. The molecule has 0 unspecified atom stereocenters. The van der Waals surface area contributed by atoms with Gasteiger partial charge in [0.05, 0.1) is 19.2 Å². The van der Waals surface area contributed by atoms with Crippen molar-refractivity contribution in [3.8, 4) is 10.4 Å². The van der Waals surface area contributed by atoms with Crippen molar-refractivity contribution >= 4 is 40.7 Å². The molecule has 0 aliphatic carbocycles. The van der Waals surface area contributed by atoms with Crippen molar-refractivity contribution in [2.45, 2.75) is 18.2 Å². The molecule has 1 amide bonds. The number of benzene rings is 2. The van der Waals surface area contributed by atoms with Crippen molar-refractivity contribution in [3.05, 3.63) is 71.1 Å². The normalized spacial score (nSPS) is 10.5. The summed E-state index contributed by atoms with van der Waals surface area (Å²) in [5, 5.41) is 2.87. The number of thiophene rings is 1. The van der Waals surface area contributed by atoms with E-state index >= 15 is 0 Å². The highest BCUT2D eigenvalue weighted by Gasteiger charge is 2.19. The first-order chi connectivity index (χ1) is 13.6. The van der Waals surface area contributed by atoms with E-state index in [4.69, 9.17) is 4.74 Å². The van der Waals surface area contributed by atoms with Gasteiger partial charge in [0.15, 0.2) is 0 Å². The first-order valence-corrected chi connectivity index (χ1v) is 10.7. The van der Waals surface area contributed by atoms with Gasteiger partial charge in [-0.25, -0.2) is 4.79 Å². The number of esters is 1. The van der Waals surface area contributed by atoms with Crippen molar-refractivity contribution in [2.24, 2.45) is 0 Å². The predicted octanol–water partition coefficient (Wildman–Crippen LogP) is 5.49. The topological polar surface area (TPSA) is 55.4 Å². The number of rotatable bonds is 7. The van der Waals surface area contributed by atoms with Crippen molar-refractivity contribution < 1.29 is 14.3 Å². The Balaban J connectivity index is 1.77. The van der Waals surface area contributed by atoms with Crippen LogP contribution in [0.5, 0.6) is 0 Å². The molecule has 1 aromatic heterocycles. The largest absolute Gasteiger partial charge is 0.465 e. The quantitative estimate of drug-likeness (QED) is 0.412. The standard InChI is InChI=1S/C22H21NO3S2/c1-3-27-17-11-9-15(10-12-17)13-20(24)23-18-14-19(16-7-5-4-6-8-16)28-21(18)22(25)26-2/h4-12,14H,3,13H2,1-2H3,(H,23,24). The predicted molar refractivity (Wildman–Crippen MR) is 116 cm³/mol. The van der Waals surface area contributed by atoms with Gasteiger partial charge in [0, 0.05) is 9.77 Å². The summed E-state index contributed by atoms with van der Waals surface area (Å²) in [4.78, 5) is 27.2. The summed E-state index contributed by atoms with van der Waals surface area (Å²) < 4.78 is 4.88. The second kappa shape index (κ2) is 9.57. The lowest BCUT2D eigenvalue weighted by Gasteiger charge is -2.06. The molecule has 3 rings (SSSR count). The maximum absolute atomic E-state index is 12.5. The van der Waals surface area contributed by atoms with Crippen LogP contribution in [0.1, 0.15) is 22.2 Å². The van der Waals surface area contributed by atoms with Crippen LogP contribution in [0, 0.1) is 0 Å². The van der Waals surface area contributed by atoms with Crippen LogP contribution in [0.25, 0.3) is 10.4 Å². The highest BCUT2D eigenvalue weighted by molar-refractivity contribution is 7.99. The Morgan fingerprint density at radius 2 is 1.79 bits per heavy atom. The van der Waals surface area contributed by atoms with Gasteiger partial charge in [-0.2, -0.15) is 0 Å². The lowest BCUT2D eigenvalue weighted by molar-refractivity contribution is -0.115. The fourth-order valence-corrected chi connectivity index (χ4v) is 4.42. The molecule has 4 nitrogen and oxygen atoms in total. The monoisotopic (exact) mass is 411 g/mol. The highest BCUT2D eigenvalue weighted by atomic mass is 32.2. The van der Waals surface area contributed by atoms with Gasteiger partial charge in [-0.3, -0.25) is 4.79 Å². The Morgan fingerprint density at radius 1 is 1.07 bits per heavy atom. The molecule has 6 heteroatoms. The molecule has 2 aromatic carbocycles. The van der Waals surface area contributed by atoms with Crippen LogP contribution in [-0.2, 0) is 16.0 Å². The van der Waals surface area contributed by atoms with Crippen molar-refractivity contribution in [3.63, 3.8) is 0 Å². The second-order valence-electron chi connectivity index (χ2n) is 6.01. The number of thioether (sulfide) groups is 1. The molecule has 144 valence electrons. The van der Waals surface area contributed by atoms with Crippen LogP contribution >= 0.6 is 23.1 Å². The minimum absolute atomic E-state index is 0.168. The molecule has 0 saturated carbocycles. The molecule has 0 atom stereocenters. The van der Waals surface area contributed by atoms with Crippen LogP contribution in [0.15, 0.2) is 65.6 Å². The van der Waals surface area contributed by atoms with E-state index in [1.807, 2.05) is 60.7 Å². The average molecular weight is 412 g/mol. The van der Waals surface area contributed by atoms with Crippen LogP contribution in [0.2, 0.25) is 0 Å². The first kappa shape index (κ1) is 20.2. The number of nitrogens with one attached hydrogen (secondary N) is 1. The number of hydrogen-bond donors (Lipinski definition) is 1. The van der Waals surface area contributed by atoms with Crippen LogP contribution in [0.3, 0.4) is 0 Å². The molecule has 0 aliphatic heterocycles. The van der Waals surface area contributed by atoms with Crippen LogP contribution < -0.4 is 5.32 Å². The van der Waals surface area contributed by atoms with Gasteiger partial charge in [-0.05, 0) is 35.1 Å². The van der Waals surface area contributed by atoms with E-state index < -0.39 is 5.97 Å². The van der Waals surface area contributed by atoms with Gasteiger partial charge in [0.1, 0.15) is 4.88 Å². The Hall–Kier alpha value is -2.57. The minimum Gasteiger partial charge on any atom is -0.465 e. The van der Waals surface area contributed by atoms with Gasteiger partial charge >= 0.3 is 5.97 Å². The third kappa shape index (κ3) is 5.03. The molecule has 0 radical (unpaired) electrons. The fraction of sp³-hybridized carbons (Fsp3) is 0.182. The third-order valence-electron chi connectivity index (χ3n) is 4.03. The lowest BCUT2D eigenvalue weighted by Crippen LogP contribution is -2.16. The third-order valence-corrected chi connectivity index (χ3v) is 6.09. The van der Waals surface area contributed by atoms with E-state index in [-0.39, 0.29) is 12.3 Å². The summed E-state index contributed by atoms with van der Waals surface area (Å²) in [7, 11) is 1.34. The van der Waals surface area contributed by atoms with Crippen molar-refractivity contribution in [1.29, 1.82) is 0 Å². The lowest BCUT2D eigenvalue weighted by atomic mass is 10.1. The number of ether oxygens (including phenoxy) is 1. The van der Waals surface area contributed by atoms with E-state index in [1.54, 1.807) is 11.8 Å². The van der Waals surface area contributed by atoms with Gasteiger partial charge in [0.2, 0.25) is 5.91 Å². The first-order valence-electron chi connectivity index (χ1n) is 8.90. The molecule has 0 spiro atoms. The summed E-state index contributed by atoms with van der Waals surface area (Å²) >= 11 is 3.07. The van der Waals surface area contributed by atoms with Crippen molar-refractivity contribution in [1.82, 2.24) is 0 Å². The van der Waals surface area contributed by atoms with E-state index in [2.05, 4.69) is 12.2 Å².